The fourth-order valence-corrected chi connectivity index (χ4v) is 2.62. The summed E-state index contributed by atoms with van der Waals surface area (Å²) in [6.07, 6.45) is 0.820. The van der Waals surface area contributed by atoms with E-state index < -0.39 is 0 Å². The molecule has 0 aliphatic heterocycles. The van der Waals surface area contributed by atoms with E-state index in [9.17, 15) is 0 Å². The Kier molecular flexibility index (Phi) is 4.03. The number of hydrogen-bond acceptors (Lipinski definition) is 2. The van der Waals surface area contributed by atoms with E-state index in [0.717, 1.165) is 33.3 Å². The van der Waals surface area contributed by atoms with Gasteiger partial charge in [0.2, 0.25) is 0 Å². The van der Waals surface area contributed by atoms with E-state index in [0.29, 0.717) is 11.0 Å². The Morgan fingerprint density at radius 1 is 1.17 bits per heavy atom. The Bertz CT molecular complexity index is 576. The number of halogens is 2. The number of rotatable bonds is 2. The molecule has 2 rings (SSSR count). The maximum Gasteiger partial charge on any atom is 0.161 e. The van der Waals surface area contributed by atoms with Crippen LogP contribution >= 0.6 is 27.5 Å². The van der Waals surface area contributed by atoms with Crippen LogP contribution in [-0.4, -0.2) is 9.97 Å². The van der Waals surface area contributed by atoms with Gasteiger partial charge in [0.05, 0.1) is 10.2 Å². The smallest absolute Gasteiger partial charge is 0.161 e. The zero-order valence-corrected chi connectivity index (χ0v) is 12.9. The molecule has 0 atom stereocenters. The normalized spacial score (nSPS) is 10.7. The molecule has 0 fully saturated rings. The second-order valence-corrected chi connectivity index (χ2v) is 5.37. The highest BCUT2D eigenvalue weighted by atomic mass is 79.9. The maximum absolute atomic E-state index is 6.15. The van der Waals surface area contributed by atoms with Gasteiger partial charge in [-0.1, -0.05) is 36.7 Å². The lowest BCUT2D eigenvalue weighted by Crippen LogP contribution is -2.00. The molecule has 0 amide bonds. The van der Waals surface area contributed by atoms with Crippen molar-refractivity contribution in [2.75, 3.05) is 0 Å². The molecule has 0 spiro atoms. The number of benzene rings is 1. The lowest BCUT2D eigenvalue weighted by Gasteiger charge is -2.11. The number of hydrogen-bond donors (Lipinski definition) is 0. The predicted molar refractivity (Wildman–Crippen MR) is 79.0 cm³/mol. The lowest BCUT2D eigenvalue weighted by molar-refractivity contribution is 0.988. The Balaban J connectivity index is 2.68. The predicted octanol–water partition coefficient (Wildman–Crippen LogP) is 4.74. The summed E-state index contributed by atoms with van der Waals surface area (Å²) < 4.78 is 0.793. The summed E-state index contributed by atoms with van der Waals surface area (Å²) in [7, 11) is 0. The highest BCUT2D eigenvalue weighted by Crippen LogP contribution is 2.30. The molecule has 0 N–H and O–H groups in total. The van der Waals surface area contributed by atoms with E-state index >= 15 is 0 Å². The van der Waals surface area contributed by atoms with Crippen LogP contribution in [0.25, 0.3) is 11.4 Å². The van der Waals surface area contributed by atoms with Crippen molar-refractivity contribution < 1.29 is 0 Å². The van der Waals surface area contributed by atoms with Crippen LogP contribution in [0.15, 0.2) is 22.7 Å². The number of aryl methyl sites for hydroxylation is 3. The van der Waals surface area contributed by atoms with Gasteiger partial charge in [-0.25, -0.2) is 9.97 Å². The minimum absolute atomic E-state index is 0.472. The van der Waals surface area contributed by atoms with Crippen LogP contribution in [0.3, 0.4) is 0 Å². The molecule has 4 heteroatoms. The van der Waals surface area contributed by atoms with E-state index in [1.165, 1.54) is 0 Å². The minimum atomic E-state index is 0.472. The van der Waals surface area contributed by atoms with Crippen LogP contribution in [0.4, 0.5) is 0 Å². The molecule has 1 heterocycles. The molecule has 0 saturated carbocycles. The molecule has 2 aromatic rings. The summed E-state index contributed by atoms with van der Waals surface area (Å²) >= 11 is 9.58. The van der Waals surface area contributed by atoms with Crippen molar-refractivity contribution in [3.8, 4) is 11.4 Å². The second-order valence-electron chi connectivity index (χ2n) is 4.22. The molecule has 1 aromatic heterocycles. The number of aromatic nitrogens is 2. The third-order valence-electron chi connectivity index (χ3n) is 2.92. The van der Waals surface area contributed by atoms with E-state index in [4.69, 9.17) is 11.6 Å². The minimum Gasteiger partial charge on any atom is -0.232 e. The second kappa shape index (κ2) is 5.37. The van der Waals surface area contributed by atoms with Crippen LogP contribution in [0, 0.1) is 13.8 Å². The van der Waals surface area contributed by atoms with Gasteiger partial charge >= 0.3 is 0 Å². The van der Waals surface area contributed by atoms with Crippen molar-refractivity contribution in [2.45, 2.75) is 27.2 Å². The molecule has 0 unspecified atom stereocenters. The van der Waals surface area contributed by atoms with Gasteiger partial charge in [-0.2, -0.15) is 0 Å². The third-order valence-corrected chi connectivity index (χ3v) is 4.25. The van der Waals surface area contributed by atoms with Gasteiger partial charge in [0.15, 0.2) is 5.82 Å². The fourth-order valence-electron chi connectivity index (χ4n) is 1.98. The maximum atomic E-state index is 6.15. The first kappa shape index (κ1) is 13.5. The van der Waals surface area contributed by atoms with Crippen molar-refractivity contribution in [2.24, 2.45) is 0 Å². The molecule has 0 radical (unpaired) electrons. The zero-order chi connectivity index (χ0) is 13.3. The summed E-state index contributed by atoms with van der Waals surface area (Å²) in [5.41, 5.74) is 4.33. The van der Waals surface area contributed by atoms with E-state index in [1.807, 2.05) is 6.07 Å². The van der Waals surface area contributed by atoms with Crippen LogP contribution in [-0.2, 0) is 6.42 Å². The highest BCUT2D eigenvalue weighted by Gasteiger charge is 2.13. The lowest BCUT2D eigenvalue weighted by atomic mass is 10.0. The summed E-state index contributed by atoms with van der Waals surface area (Å²) in [5, 5.41) is 0.472. The van der Waals surface area contributed by atoms with Crippen LogP contribution in [0.2, 0.25) is 5.15 Å². The molecular weight excluding hydrogens is 312 g/mol. The van der Waals surface area contributed by atoms with Crippen LogP contribution in [0.5, 0.6) is 0 Å². The summed E-state index contributed by atoms with van der Waals surface area (Å²) in [6.45, 7) is 6.18. The first-order valence-electron chi connectivity index (χ1n) is 5.83. The Morgan fingerprint density at radius 3 is 2.33 bits per heavy atom. The molecule has 2 nitrogen and oxygen atoms in total. The molecule has 0 aliphatic rings. The van der Waals surface area contributed by atoms with Gasteiger partial charge in [0.1, 0.15) is 5.15 Å². The topological polar surface area (TPSA) is 25.8 Å². The first-order valence-corrected chi connectivity index (χ1v) is 7.00. The van der Waals surface area contributed by atoms with E-state index in [1.54, 1.807) is 0 Å². The van der Waals surface area contributed by atoms with Crippen molar-refractivity contribution in [3.05, 3.63) is 44.6 Å². The largest absolute Gasteiger partial charge is 0.232 e. The molecular formula is C14H14BrClN2. The summed E-state index contributed by atoms with van der Waals surface area (Å²) in [5.74, 6) is 0.704. The van der Waals surface area contributed by atoms with Gasteiger partial charge in [0.25, 0.3) is 0 Å². The van der Waals surface area contributed by atoms with Gasteiger partial charge < -0.3 is 0 Å². The van der Waals surface area contributed by atoms with Gasteiger partial charge in [-0.05, 0) is 47.3 Å². The molecule has 0 saturated heterocycles. The van der Waals surface area contributed by atoms with E-state index in [-0.39, 0.29) is 0 Å². The Morgan fingerprint density at radius 2 is 1.78 bits per heavy atom. The van der Waals surface area contributed by atoms with Gasteiger partial charge in [-0.3, -0.25) is 0 Å². The first-order chi connectivity index (χ1) is 8.54. The zero-order valence-electron chi connectivity index (χ0n) is 10.6. The average Bonchev–Trinajstić information content (AvgIpc) is 2.33. The Labute approximate surface area is 121 Å². The molecule has 0 bridgehead atoms. The number of nitrogens with zero attached hydrogens (tertiary/aromatic N) is 2. The van der Waals surface area contributed by atoms with Gasteiger partial charge in [0, 0.05) is 5.56 Å². The molecule has 18 heavy (non-hydrogen) atoms. The van der Waals surface area contributed by atoms with Crippen molar-refractivity contribution >= 4 is 27.5 Å². The van der Waals surface area contributed by atoms with Crippen molar-refractivity contribution in [1.29, 1.82) is 0 Å². The quantitative estimate of drug-likeness (QED) is 0.745. The monoisotopic (exact) mass is 324 g/mol. The fraction of sp³-hybridized carbons (Fsp3) is 0.286. The standard InChI is InChI=1S/C14H14BrClN2/c1-4-10-12(15)13(16)18-14(17-10)11-8(2)6-5-7-9(11)3/h5-7H,4H2,1-3H3. The Hall–Kier alpha value is -0.930. The SMILES string of the molecule is CCc1nc(-c2c(C)cccc2C)nc(Cl)c1Br. The molecule has 94 valence electrons. The average molecular weight is 326 g/mol. The van der Waals surface area contributed by atoms with E-state index in [2.05, 4.69) is 58.8 Å². The van der Waals surface area contributed by atoms with Crippen LogP contribution < -0.4 is 0 Å². The highest BCUT2D eigenvalue weighted by molar-refractivity contribution is 9.10. The summed E-state index contributed by atoms with van der Waals surface area (Å²) in [6, 6.07) is 6.16. The van der Waals surface area contributed by atoms with Crippen molar-refractivity contribution in [3.63, 3.8) is 0 Å². The van der Waals surface area contributed by atoms with Crippen LogP contribution in [0.1, 0.15) is 23.7 Å². The van der Waals surface area contributed by atoms with Crippen molar-refractivity contribution in [1.82, 2.24) is 9.97 Å². The third kappa shape index (κ3) is 2.43. The van der Waals surface area contributed by atoms with Gasteiger partial charge in [-0.15, -0.1) is 0 Å². The molecule has 0 aliphatic carbocycles. The molecule has 1 aromatic carbocycles. The summed E-state index contributed by atoms with van der Waals surface area (Å²) in [4.78, 5) is 8.98.